The molecule has 4 N–H and O–H groups in total. The summed E-state index contributed by atoms with van der Waals surface area (Å²) < 4.78 is 54.5. The summed E-state index contributed by atoms with van der Waals surface area (Å²) in [4.78, 5) is 3.79. The molecule has 0 aliphatic carbocycles. The Morgan fingerprint density at radius 3 is 2.12 bits per heavy atom. The van der Waals surface area contributed by atoms with Crippen molar-refractivity contribution in [2.24, 2.45) is 5.73 Å². The fourth-order valence-electron chi connectivity index (χ4n) is 2.30. The van der Waals surface area contributed by atoms with E-state index in [1.807, 2.05) is 0 Å². The van der Waals surface area contributed by atoms with Gasteiger partial charge in [0, 0.05) is 17.7 Å². The monoisotopic (exact) mass is 358 g/mol. The number of pyridine rings is 1. The lowest BCUT2D eigenvalue weighted by molar-refractivity contribution is -0.0977. The molecule has 2 aromatic rings. The fraction of sp³-hybridized carbons (Fsp3) is 0.353. The molecule has 1 aromatic heterocycles. The van der Waals surface area contributed by atoms with Gasteiger partial charge in [0.15, 0.2) is 11.4 Å². The van der Waals surface area contributed by atoms with Crippen molar-refractivity contribution < 1.29 is 27.8 Å². The van der Waals surface area contributed by atoms with Crippen LogP contribution < -0.4 is 5.73 Å². The highest BCUT2D eigenvalue weighted by Crippen LogP contribution is 2.35. The van der Waals surface area contributed by atoms with Crippen LogP contribution in [-0.4, -0.2) is 28.2 Å². The summed E-state index contributed by atoms with van der Waals surface area (Å²) in [6.07, 6.45) is -3.29. The van der Waals surface area contributed by atoms with E-state index < -0.39 is 47.2 Å². The molecule has 1 unspecified atom stereocenters. The molecule has 0 bridgehead atoms. The topological polar surface area (TPSA) is 79.4 Å². The van der Waals surface area contributed by atoms with Crippen LogP contribution in [0.5, 0.6) is 0 Å². The second-order valence-corrected chi connectivity index (χ2v) is 6.21. The zero-order valence-electron chi connectivity index (χ0n) is 13.6. The minimum Gasteiger partial charge on any atom is -0.386 e. The number of nitrogens with two attached hydrogens (primary N) is 1. The summed E-state index contributed by atoms with van der Waals surface area (Å²) in [5.41, 5.74) is -0.516. The molecule has 0 aliphatic heterocycles. The maximum atomic E-state index is 14.8. The molecule has 0 saturated heterocycles. The van der Waals surface area contributed by atoms with Crippen molar-refractivity contribution in [3.63, 3.8) is 0 Å². The van der Waals surface area contributed by atoms with Gasteiger partial charge in [-0.1, -0.05) is 0 Å². The van der Waals surface area contributed by atoms with E-state index in [2.05, 4.69) is 4.98 Å². The third-order valence-corrected chi connectivity index (χ3v) is 3.85. The van der Waals surface area contributed by atoms with Crippen molar-refractivity contribution in [2.45, 2.75) is 31.5 Å². The number of benzene rings is 1. The van der Waals surface area contributed by atoms with Crippen LogP contribution in [0.25, 0.3) is 11.3 Å². The summed E-state index contributed by atoms with van der Waals surface area (Å²) in [5, 5.41) is 20.3. The highest BCUT2D eigenvalue weighted by molar-refractivity contribution is 5.61. The van der Waals surface area contributed by atoms with Crippen molar-refractivity contribution in [1.29, 1.82) is 0 Å². The molecular formula is C17H18F4N2O2. The Morgan fingerprint density at radius 1 is 1.12 bits per heavy atom. The SMILES string of the molecule is CC(C)(O)c1cc(C(O)(CN)C(F)F)nc(-c2ccc(F)cc2)c1F. The molecule has 0 spiro atoms. The Labute approximate surface area is 141 Å². The molecule has 136 valence electrons. The molecule has 0 saturated carbocycles. The van der Waals surface area contributed by atoms with Crippen molar-refractivity contribution in [1.82, 2.24) is 4.98 Å². The average Bonchev–Trinajstić information content (AvgIpc) is 2.54. The Hall–Kier alpha value is -2.03. The van der Waals surface area contributed by atoms with Gasteiger partial charge in [-0.05, 0) is 44.2 Å². The first-order valence-electron chi connectivity index (χ1n) is 7.41. The summed E-state index contributed by atoms with van der Waals surface area (Å²) in [6.45, 7) is 1.65. The summed E-state index contributed by atoms with van der Waals surface area (Å²) in [6, 6.07) is 5.39. The minimum atomic E-state index is -3.29. The molecule has 0 aliphatic rings. The maximum Gasteiger partial charge on any atom is 0.273 e. The van der Waals surface area contributed by atoms with Crippen molar-refractivity contribution in [3.8, 4) is 11.3 Å². The highest BCUT2D eigenvalue weighted by Gasteiger charge is 2.41. The molecule has 8 heteroatoms. The van der Waals surface area contributed by atoms with E-state index in [0.717, 1.165) is 18.2 Å². The third-order valence-electron chi connectivity index (χ3n) is 3.85. The van der Waals surface area contributed by atoms with Crippen molar-refractivity contribution >= 4 is 0 Å². The lowest BCUT2D eigenvalue weighted by Crippen LogP contribution is -2.43. The van der Waals surface area contributed by atoms with Gasteiger partial charge in [-0.3, -0.25) is 0 Å². The van der Waals surface area contributed by atoms with Crippen LogP contribution in [0.15, 0.2) is 30.3 Å². The molecule has 1 atom stereocenters. The number of alkyl halides is 2. The Balaban J connectivity index is 2.79. The largest absolute Gasteiger partial charge is 0.386 e. The van der Waals surface area contributed by atoms with Crippen LogP contribution in [0.1, 0.15) is 25.1 Å². The lowest BCUT2D eigenvalue weighted by Gasteiger charge is -2.28. The number of rotatable bonds is 5. The highest BCUT2D eigenvalue weighted by atomic mass is 19.3. The zero-order valence-corrected chi connectivity index (χ0v) is 13.6. The van der Waals surface area contributed by atoms with E-state index in [-0.39, 0.29) is 11.1 Å². The van der Waals surface area contributed by atoms with Crippen LogP contribution in [0, 0.1) is 11.6 Å². The quantitative estimate of drug-likeness (QED) is 0.718. The van der Waals surface area contributed by atoms with Gasteiger partial charge in [-0.25, -0.2) is 22.5 Å². The van der Waals surface area contributed by atoms with Gasteiger partial charge in [-0.15, -0.1) is 0 Å². The number of hydrogen-bond acceptors (Lipinski definition) is 4. The van der Waals surface area contributed by atoms with E-state index in [0.29, 0.717) is 0 Å². The van der Waals surface area contributed by atoms with E-state index >= 15 is 0 Å². The van der Waals surface area contributed by atoms with E-state index in [9.17, 15) is 27.8 Å². The summed E-state index contributed by atoms with van der Waals surface area (Å²) in [5.74, 6) is -1.54. The molecule has 1 heterocycles. The predicted octanol–water partition coefficient (Wildman–Crippen LogP) is 2.67. The Bertz CT molecular complexity index is 760. The molecular weight excluding hydrogens is 340 g/mol. The van der Waals surface area contributed by atoms with Crippen LogP contribution in [0.4, 0.5) is 17.6 Å². The summed E-state index contributed by atoms with van der Waals surface area (Å²) >= 11 is 0. The second kappa shape index (κ2) is 6.70. The van der Waals surface area contributed by atoms with Gasteiger partial charge >= 0.3 is 0 Å². The molecule has 4 nitrogen and oxygen atoms in total. The van der Waals surface area contributed by atoms with Crippen molar-refractivity contribution in [3.05, 3.63) is 53.2 Å². The van der Waals surface area contributed by atoms with Crippen LogP contribution >= 0.6 is 0 Å². The number of aromatic nitrogens is 1. The minimum absolute atomic E-state index is 0.0971. The standard InChI is InChI=1S/C17H18F4N2O2/c1-16(2,24)11-7-12(17(25,8-22)15(20)21)23-14(13(11)19)9-3-5-10(18)6-4-9/h3-7,15,24-25H,8,22H2,1-2H3. The zero-order chi connectivity index (χ0) is 19.0. The van der Waals surface area contributed by atoms with E-state index in [1.54, 1.807) is 0 Å². The molecule has 0 fully saturated rings. The van der Waals surface area contributed by atoms with Crippen molar-refractivity contribution in [2.75, 3.05) is 6.54 Å². The summed E-state index contributed by atoms with van der Waals surface area (Å²) in [7, 11) is 0. The van der Waals surface area contributed by atoms with Gasteiger partial charge in [0.1, 0.15) is 11.5 Å². The first-order chi connectivity index (χ1) is 11.5. The maximum absolute atomic E-state index is 14.8. The van der Waals surface area contributed by atoms with Gasteiger partial charge < -0.3 is 15.9 Å². The second-order valence-electron chi connectivity index (χ2n) is 6.21. The smallest absolute Gasteiger partial charge is 0.273 e. The normalized spacial score (nSPS) is 14.6. The first kappa shape index (κ1) is 19.3. The number of aliphatic hydroxyl groups is 2. The average molecular weight is 358 g/mol. The first-order valence-corrected chi connectivity index (χ1v) is 7.41. The molecule has 25 heavy (non-hydrogen) atoms. The third kappa shape index (κ3) is 3.65. The molecule has 0 radical (unpaired) electrons. The van der Waals surface area contributed by atoms with E-state index in [1.165, 1.54) is 26.0 Å². The molecule has 0 amide bonds. The number of halogens is 4. The van der Waals surface area contributed by atoms with Gasteiger partial charge in [0.2, 0.25) is 0 Å². The Kier molecular flexibility index (Phi) is 5.17. The van der Waals surface area contributed by atoms with Gasteiger partial charge in [0.05, 0.1) is 11.3 Å². The van der Waals surface area contributed by atoms with E-state index in [4.69, 9.17) is 5.73 Å². The fourth-order valence-corrected chi connectivity index (χ4v) is 2.30. The Morgan fingerprint density at radius 2 is 1.68 bits per heavy atom. The number of nitrogens with zero attached hydrogens (tertiary/aromatic N) is 1. The van der Waals surface area contributed by atoms with Crippen LogP contribution in [0.2, 0.25) is 0 Å². The number of hydrogen-bond donors (Lipinski definition) is 3. The molecule has 2 rings (SSSR count). The predicted molar refractivity (Wildman–Crippen MR) is 83.8 cm³/mol. The van der Waals surface area contributed by atoms with Gasteiger partial charge in [0.25, 0.3) is 6.43 Å². The van der Waals surface area contributed by atoms with Crippen LogP contribution in [-0.2, 0) is 11.2 Å². The van der Waals surface area contributed by atoms with Gasteiger partial charge in [-0.2, -0.15) is 0 Å². The lowest BCUT2D eigenvalue weighted by atomic mass is 9.91. The molecule has 1 aromatic carbocycles. The van der Waals surface area contributed by atoms with Crippen LogP contribution in [0.3, 0.4) is 0 Å².